The van der Waals surface area contributed by atoms with E-state index in [1.165, 1.54) is 11.6 Å². The zero-order valence-corrected chi connectivity index (χ0v) is 20.4. The Bertz CT molecular complexity index is 1160. The number of rotatable bonds is 7. The fraction of sp³-hybridized carbons (Fsp3) is 0.357. The zero-order valence-electron chi connectivity index (χ0n) is 20.4. The molecule has 0 saturated carbocycles. The van der Waals surface area contributed by atoms with E-state index >= 15 is 0 Å². The van der Waals surface area contributed by atoms with Crippen LogP contribution in [0.4, 0.5) is 4.39 Å². The summed E-state index contributed by atoms with van der Waals surface area (Å²) in [7, 11) is 2.04. The smallest absolute Gasteiger partial charge is 0.259 e. The molecule has 3 aromatic rings. The zero-order chi connectivity index (χ0) is 24.9. The van der Waals surface area contributed by atoms with Crippen molar-refractivity contribution in [2.45, 2.75) is 32.5 Å². The van der Waals surface area contributed by atoms with Crippen molar-refractivity contribution in [1.29, 1.82) is 0 Å². The van der Waals surface area contributed by atoms with Crippen LogP contribution in [0.25, 0.3) is 11.1 Å². The number of benzene rings is 2. The van der Waals surface area contributed by atoms with E-state index in [4.69, 9.17) is 4.74 Å². The first-order chi connectivity index (χ1) is 16.9. The third-order valence-electron chi connectivity index (χ3n) is 6.49. The molecular weight excluding hydrogens is 445 g/mol. The van der Waals surface area contributed by atoms with Gasteiger partial charge >= 0.3 is 0 Å². The molecule has 0 fully saturated rings. The number of halogens is 1. The fourth-order valence-corrected chi connectivity index (χ4v) is 4.43. The van der Waals surface area contributed by atoms with E-state index < -0.39 is 0 Å². The van der Waals surface area contributed by atoms with Gasteiger partial charge in [-0.15, -0.1) is 0 Å². The Labute approximate surface area is 206 Å². The van der Waals surface area contributed by atoms with Crippen LogP contribution in [0.5, 0.6) is 5.88 Å². The van der Waals surface area contributed by atoms with E-state index in [2.05, 4.69) is 22.0 Å². The molecule has 1 amide bonds. The highest BCUT2D eigenvalue weighted by atomic mass is 19.1. The quantitative estimate of drug-likeness (QED) is 0.552. The molecule has 3 atom stereocenters. The molecule has 1 N–H and O–H groups in total. The Kier molecular flexibility index (Phi) is 7.78. The highest BCUT2D eigenvalue weighted by Crippen LogP contribution is 2.31. The second-order valence-electron chi connectivity index (χ2n) is 9.36. The lowest BCUT2D eigenvalue weighted by Gasteiger charge is -2.37. The third-order valence-corrected chi connectivity index (χ3v) is 6.49. The van der Waals surface area contributed by atoms with Crippen molar-refractivity contribution < 1.29 is 19.0 Å². The highest BCUT2D eigenvalue weighted by molar-refractivity contribution is 5.98. The van der Waals surface area contributed by atoms with Crippen molar-refractivity contribution in [3.63, 3.8) is 0 Å². The SMILES string of the molecule is C[C@@H]1CN([C@H](C)CO)C(=O)c2cc(-c3ccccc3F)cnc2O[C@H]1CN(C)Cc1ccccc1. The minimum absolute atomic E-state index is 0.00707. The van der Waals surface area contributed by atoms with E-state index in [0.717, 1.165) is 6.54 Å². The highest BCUT2D eigenvalue weighted by Gasteiger charge is 2.34. The van der Waals surface area contributed by atoms with Gasteiger partial charge in [0.1, 0.15) is 17.5 Å². The van der Waals surface area contributed by atoms with Gasteiger partial charge in [-0.2, -0.15) is 0 Å². The second-order valence-corrected chi connectivity index (χ2v) is 9.36. The molecule has 0 unspecified atom stereocenters. The molecule has 0 bridgehead atoms. The first-order valence-electron chi connectivity index (χ1n) is 11.9. The molecule has 0 spiro atoms. The minimum atomic E-state index is -0.386. The van der Waals surface area contributed by atoms with Gasteiger partial charge in [-0.3, -0.25) is 9.69 Å². The van der Waals surface area contributed by atoms with Crippen LogP contribution in [0.15, 0.2) is 66.9 Å². The lowest BCUT2D eigenvalue weighted by atomic mass is 9.99. The van der Waals surface area contributed by atoms with Crippen LogP contribution in [0.2, 0.25) is 0 Å². The van der Waals surface area contributed by atoms with E-state index in [1.807, 2.05) is 39.1 Å². The molecule has 0 radical (unpaired) electrons. The van der Waals surface area contributed by atoms with Crippen LogP contribution >= 0.6 is 0 Å². The van der Waals surface area contributed by atoms with E-state index in [0.29, 0.717) is 24.2 Å². The number of carbonyl (C=O) groups excluding carboxylic acids is 1. The van der Waals surface area contributed by atoms with E-state index in [-0.39, 0.29) is 47.8 Å². The van der Waals surface area contributed by atoms with Crippen LogP contribution in [0, 0.1) is 11.7 Å². The largest absolute Gasteiger partial charge is 0.472 e. The summed E-state index contributed by atoms with van der Waals surface area (Å²) in [4.78, 5) is 21.9. The molecule has 184 valence electrons. The van der Waals surface area contributed by atoms with Crippen LogP contribution in [0.3, 0.4) is 0 Å². The number of aromatic nitrogens is 1. The number of hydrogen-bond acceptors (Lipinski definition) is 5. The normalized spacial score (nSPS) is 19.0. The molecule has 0 saturated heterocycles. The topological polar surface area (TPSA) is 65.9 Å². The van der Waals surface area contributed by atoms with Gasteiger partial charge in [0.05, 0.1) is 12.6 Å². The van der Waals surface area contributed by atoms with Gasteiger partial charge in [0.2, 0.25) is 5.88 Å². The summed E-state index contributed by atoms with van der Waals surface area (Å²) in [5.74, 6) is -0.444. The number of nitrogens with zero attached hydrogens (tertiary/aromatic N) is 3. The van der Waals surface area contributed by atoms with Crippen molar-refractivity contribution >= 4 is 5.91 Å². The monoisotopic (exact) mass is 477 g/mol. The van der Waals surface area contributed by atoms with Crippen molar-refractivity contribution in [1.82, 2.24) is 14.8 Å². The molecule has 6 nitrogen and oxygen atoms in total. The Balaban J connectivity index is 1.67. The van der Waals surface area contributed by atoms with Gasteiger partial charge in [-0.1, -0.05) is 55.5 Å². The third kappa shape index (κ3) is 5.69. The van der Waals surface area contributed by atoms with Gasteiger partial charge in [0.15, 0.2) is 0 Å². The van der Waals surface area contributed by atoms with Crippen molar-refractivity contribution in [2.75, 3.05) is 26.7 Å². The molecule has 7 heteroatoms. The fourth-order valence-electron chi connectivity index (χ4n) is 4.43. The van der Waals surface area contributed by atoms with Crippen LogP contribution in [0.1, 0.15) is 29.8 Å². The predicted octanol–water partition coefficient (Wildman–Crippen LogP) is 4.24. The lowest BCUT2D eigenvalue weighted by molar-refractivity contribution is 0.0325. The van der Waals surface area contributed by atoms with Crippen molar-refractivity contribution in [3.05, 3.63) is 83.8 Å². The Morgan fingerprint density at radius 2 is 1.89 bits per heavy atom. The molecule has 1 aliphatic rings. The second kappa shape index (κ2) is 11.0. The van der Waals surface area contributed by atoms with Gasteiger partial charge in [-0.05, 0) is 31.7 Å². The average molecular weight is 478 g/mol. The molecular formula is C28H32FN3O3. The summed E-state index contributed by atoms with van der Waals surface area (Å²) in [6.07, 6.45) is 1.30. The lowest BCUT2D eigenvalue weighted by Crippen LogP contribution is -2.49. The standard InChI is InChI=1S/C28H32FN3O3/c1-19-15-32(20(2)18-33)28(34)24-13-22(23-11-7-8-12-25(23)29)14-30-27(24)35-26(19)17-31(3)16-21-9-5-4-6-10-21/h4-14,19-20,26,33H,15-18H2,1-3H3/t19-,20-,26+/m1/s1. The van der Waals surface area contributed by atoms with Crippen LogP contribution in [-0.2, 0) is 6.54 Å². The average Bonchev–Trinajstić information content (AvgIpc) is 2.86. The summed E-state index contributed by atoms with van der Waals surface area (Å²) < 4.78 is 20.8. The molecule has 1 aromatic heterocycles. The Hall–Kier alpha value is -3.29. The van der Waals surface area contributed by atoms with Crippen molar-refractivity contribution in [2.24, 2.45) is 5.92 Å². The summed E-state index contributed by atoms with van der Waals surface area (Å²) in [6, 6.07) is 17.9. The molecule has 2 heterocycles. The van der Waals surface area contributed by atoms with Crippen molar-refractivity contribution in [3.8, 4) is 17.0 Å². The van der Waals surface area contributed by atoms with Gasteiger partial charge in [-0.25, -0.2) is 9.37 Å². The Morgan fingerprint density at radius 1 is 1.17 bits per heavy atom. The molecule has 35 heavy (non-hydrogen) atoms. The summed E-state index contributed by atoms with van der Waals surface area (Å²) >= 11 is 0. The molecule has 1 aliphatic heterocycles. The number of fused-ring (bicyclic) bond motifs is 1. The molecule has 0 aliphatic carbocycles. The Morgan fingerprint density at radius 3 is 2.60 bits per heavy atom. The van der Waals surface area contributed by atoms with Crippen LogP contribution in [-0.4, -0.2) is 64.7 Å². The number of carbonyl (C=O) groups is 1. The van der Waals surface area contributed by atoms with Gasteiger partial charge in [0.25, 0.3) is 5.91 Å². The molecule has 4 rings (SSSR count). The number of hydrogen-bond donors (Lipinski definition) is 1. The summed E-state index contributed by atoms with van der Waals surface area (Å²) in [5, 5.41) is 9.85. The first kappa shape index (κ1) is 24.8. The number of aliphatic hydroxyl groups is 1. The first-order valence-corrected chi connectivity index (χ1v) is 11.9. The number of ether oxygens (including phenoxy) is 1. The minimum Gasteiger partial charge on any atom is -0.472 e. The maximum Gasteiger partial charge on any atom is 0.259 e. The van der Waals surface area contributed by atoms with Gasteiger partial charge in [0, 0.05) is 42.9 Å². The summed E-state index contributed by atoms with van der Waals surface area (Å²) in [5.41, 5.74) is 2.34. The number of amides is 1. The molecule has 2 aromatic carbocycles. The van der Waals surface area contributed by atoms with E-state index in [1.54, 1.807) is 35.4 Å². The van der Waals surface area contributed by atoms with Gasteiger partial charge < -0.3 is 14.7 Å². The summed E-state index contributed by atoms with van der Waals surface area (Å²) in [6.45, 7) is 5.51. The maximum atomic E-state index is 14.5. The number of aliphatic hydroxyl groups excluding tert-OH is 1. The predicted molar refractivity (Wildman–Crippen MR) is 134 cm³/mol. The maximum absolute atomic E-state index is 14.5. The number of likely N-dealkylation sites (N-methyl/N-ethyl adjacent to an activating group) is 1. The van der Waals surface area contributed by atoms with Crippen LogP contribution < -0.4 is 4.74 Å². The number of pyridine rings is 1. The van der Waals surface area contributed by atoms with E-state index in [9.17, 15) is 14.3 Å².